The molecule has 0 atom stereocenters. The zero-order valence-electron chi connectivity index (χ0n) is 16.2. The first-order valence-electron chi connectivity index (χ1n) is 9.60. The summed E-state index contributed by atoms with van der Waals surface area (Å²) in [7, 11) is 0. The Hall–Kier alpha value is -1.75. The van der Waals surface area contributed by atoms with Crippen LogP contribution < -0.4 is 11.1 Å². The molecule has 0 radical (unpaired) electrons. The Kier molecular flexibility index (Phi) is 11.0. The smallest absolute Gasteiger partial charge is 0.224 e. The highest BCUT2D eigenvalue weighted by Gasteiger charge is 2.09. The fourth-order valence-corrected chi connectivity index (χ4v) is 3.40. The van der Waals surface area contributed by atoms with Gasteiger partial charge in [-0.2, -0.15) is 0 Å². The van der Waals surface area contributed by atoms with Gasteiger partial charge in [0, 0.05) is 18.8 Å². The van der Waals surface area contributed by atoms with Crippen molar-refractivity contribution in [1.82, 2.24) is 10.2 Å². The van der Waals surface area contributed by atoms with Crippen molar-refractivity contribution in [3.8, 4) is 0 Å². The van der Waals surface area contributed by atoms with Gasteiger partial charge in [0.05, 0.1) is 6.42 Å². The molecule has 154 valence electrons. The number of nitrogen functional groups attached to an aromatic ring is 1. The van der Waals surface area contributed by atoms with Gasteiger partial charge in [0.25, 0.3) is 0 Å². The fraction of sp³-hybridized carbons (Fsp3) is 0.409. The molecule has 3 N–H and O–H groups in total. The number of nitrogens with one attached hydrogen (secondary N) is 1. The van der Waals surface area contributed by atoms with Crippen molar-refractivity contribution in [2.75, 3.05) is 18.8 Å². The van der Waals surface area contributed by atoms with E-state index < -0.39 is 0 Å². The number of likely N-dealkylation sites (tertiary alicyclic amines) is 1. The summed E-state index contributed by atoms with van der Waals surface area (Å²) in [6.45, 7) is 4.02. The zero-order chi connectivity index (χ0) is 18.2. The van der Waals surface area contributed by atoms with Crippen LogP contribution in [0.4, 0.5) is 5.69 Å². The van der Waals surface area contributed by atoms with E-state index in [0.717, 1.165) is 23.4 Å². The standard InChI is InChI=1S/C22H29N3O.2ClH/c23-21-11-9-18(10-12-21)15-22(26)24-16-19-5-7-20(8-6-19)17-25-13-3-1-2-4-14-25;;/h5-12H,1-4,13-17,23H2,(H,24,26);2*1H. The average Bonchev–Trinajstić information content (AvgIpc) is 2.92. The van der Waals surface area contributed by atoms with Gasteiger partial charge in [-0.1, -0.05) is 49.2 Å². The molecule has 3 rings (SSSR count). The van der Waals surface area contributed by atoms with Crippen molar-refractivity contribution in [1.29, 1.82) is 0 Å². The van der Waals surface area contributed by atoms with E-state index in [1.807, 2.05) is 24.3 Å². The van der Waals surface area contributed by atoms with E-state index in [-0.39, 0.29) is 30.7 Å². The summed E-state index contributed by atoms with van der Waals surface area (Å²) < 4.78 is 0. The van der Waals surface area contributed by atoms with E-state index in [2.05, 4.69) is 34.5 Å². The van der Waals surface area contributed by atoms with Crippen LogP contribution >= 0.6 is 24.8 Å². The lowest BCUT2D eigenvalue weighted by Gasteiger charge is -2.19. The van der Waals surface area contributed by atoms with Crippen molar-refractivity contribution < 1.29 is 4.79 Å². The molecule has 1 amide bonds. The van der Waals surface area contributed by atoms with Gasteiger partial charge in [-0.25, -0.2) is 0 Å². The summed E-state index contributed by atoms with van der Waals surface area (Å²) in [5.74, 6) is 0.0309. The quantitative estimate of drug-likeness (QED) is 0.678. The van der Waals surface area contributed by atoms with Crippen LogP contribution in [0, 0.1) is 0 Å². The fourth-order valence-electron chi connectivity index (χ4n) is 3.40. The van der Waals surface area contributed by atoms with Crippen molar-refractivity contribution >= 4 is 36.4 Å². The van der Waals surface area contributed by atoms with Gasteiger partial charge in [-0.15, -0.1) is 24.8 Å². The van der Waals surface area contributed by atoms with Gasteiger partial charge in [0.1, 0.15) is 0 Å². The number of benzene rings is 2. The second kappa shape index (κ2) is 12.7. The number of amides is 1. The summed E-state index contributed by atoms with van der Waals surface area (Å²) in [5, 5.41) is 2.99. The molecule has 1 saturated heterocycles. The molecule has 0 bridgehead atoms. The third-order valence-corrected chi connectivity index (χ3v) is 4.96. The highest BCUT2D eigenvalue weighted by Crippen LogP contribution is 2.14. The third-order valence-electron chi connectivity index (χ3n) is 4.96. The Morgan fingerprint density at radius 1 is 0.821 bits per heavy atom. The number of anilines is 1. The van der Waals surface area contributed by atoms with E-state index in [1.165, 1.54) is 44.3 Å². The minimum absolute atomic E-state index is 0. The number of carbonyl (C=O) groups is 1. The lowest BCUT2D eigenvalue weighted by Crippen LogP contribution is -2.25. The van der Waals surface area contributed by atoms with Crippen LogP contribution in [0.2, 0.25) is 0 Å². The molecule has 1 fully saturated rings. The van der Waals surface area contributed by atoms with E-state index in [4.69, 9.17) is 5.73 Å². The molecule has 0 saturated carbocycles. The minimum atomic E-state index is 0. The van der Waals surface area contributed by atoms with Crippen LogP contribution in [0.3, 0.4) is 0 Å². The highest BCUT2D eigenvalue weighted by molar-refractivity contribution is 5.85. The van der Waals surface area contributed by atoms with Crippen molar-refractivity contribution in [3.05, 3.63) is 65.2 Å². The molecular weight excluding hydrogens is 393 g/mol. The number of nitrogens with zero attached hydrogens (tertiary/aromatic N) is 1. The molecule has 0 spiro atoms. The molecule has 0 aromatic heterocycles. The molecule has 1 aliphatic heterocycles. The van der Waals surface area contributed by atoms with Crippen LogP contribution in [0.15, 0.2) is 48.5 Å². The van der Waals surface area contributed by atoms with Gasteiger partial charge in [-0.05, 0) is 54.8 Å². The van der Waals surface area contributed by atoms with E-state index >= 15 is 0 Å². The Morgan fingerprint density at radius 3 is 1.96 bits per heavy atom. The lowest BCUT2D eigenvalue weighted by atomic mass is 10.1. The number of carbonyl (C=O) groups excluding carboxylic acids is 1. The van der Waals surface area contributed by atoms with Gasteiger partial charge < -0.3 is 11.1 Å². The Morgan fingerprint density at radius 2 is 1.36 bits per heavy atom. The lowest BCUT2D eigenvalue weighted by molar-refractivity contribution is -0.120. The Bertz CT molecular complexity index is 697. The second-order valence-electron chi connectivity index (χ2n) is 7.20. The van der Waals surface area contributed by atoms with Crippen LogP contribution in [0.25, 0.3) is 0 Å². The number of hydrogen-bond donors (Lipinski definition) is 2. The summed E-state index contributed by atoms with van der Waals surface area (Å²) >= 11 is 0. The maximum Gasteiger partial charge on any atom is 0.224 e. The first-order chi connectivity index (χ1) is 12.7. The van der Waals surface area contributed by atoms with Crippen molar-refractivity contribution in [2.24, 2.45) is 0 Å². The molecule has 0 unspecified atom stereocenters. The number of halogens is 2. The first-order valence-corrected chi connectivity index (χ1v) is 9.60. The summed E-state index contributed by atoms with van der Waals surface area (Å²) in [6, 6.07) is 16.1. The van der Waals surface area contributed by atoms with Crippen LogP contribution in [0.5, 0.6) is 0 Å². The van der Waals surface area contributed by atoms with Crippen LogP contribution in [-0.4, -0.2) is 23.9 Å². The van der Waals surface area contributed by atoms with Crippen LogP contribution in [0.1, 0.15) is 42.4 Å². The molecule has 2 aromatic rings. The van der Waals surface area contributed by atoms with Gasteiger partial charge in [0.15, 0.2) is 0 Å². The summed E-state index contributed by atoms with van der Waals surface area (Å²) in [5.41, 5.74) is 9.85. The Labute approximate surface area is 180 Å². The molecule has 28 heavy (non-hydrogen) atoms. The molecule has 6 heteroatoms. The second-order valence-corrected chi connectivity index (χ2v) is 7.20. The highest BCUT2D eigenvalue weighted by atomic mass is 35.5. The Balaban J connectivity index is 0.00000196. The van der Waals surface area contributed by atoms with Gasteiger partial charge in [0.2, 0.25) is 5.91 Å². The third kappa shape index (κ3) is 8.09. The predicted octanol–water partition coefficient (Wildman–Crippen LogP) is 4.35. The summed E-state index contributed by atoms with van der Waals surface area (Å²) in [6.07, 6.45) is 5.75. The summed E-state index contributed by atoms with van der Waals surface area (Å²) in [4.78, 5) is 14.6. The molecule has 4 nitrogen and oxygen atoms in total. The number of nitrogens with two attached hydrogens (primary N) is 1. The van der Waals surface area contributed by atoms with Crippen LogP contribution in [-0.2, 0) is 24.3 Å². The maximum absolute atomic E-state index is 12.1. The van der Waals surface area contributed by atoms with Gasteiger partial charge >= 0.3 is 0 Å². The molecule has 1 heterocycles. The largest absolute Gasteiger partial charge is 0.399 e. The normalized spacial score (nSPS) is 14.3. The molecule has 2 aromatic carbocycles. The zero-order valence-corrected chi connectivity index (χ0v) is 17.9. The van der Waals surface area contributed by atoms with E-state index in [0.29, 0.717) is 13.0 Å². The van der Waals surface area contributed by atoms with Gasteiger partial charge in [-0.3, -0.25) is 9.69 Å². The predicted molar refractivity (Wildman–Crippen MR) is 121 cm³/mol. The number of hydrogen-bond acceptors (Lipinski definition) is 3. The monoisotopic (exact) mass is 423 g/mol. The topological polar surface area (TPSA) is 58.4 Å². The molecule has 0 aliphatic carbocycles. The maximum atomic E-state index is 12.1. The van der Waals surface area contributed by atoms with E-state index in [1.54, 1.807) is 0 Å². The van der Waals surface area contributed by atoms with Crippen molar-refractivity contribution in [2.45, 2.75) is 45.2 Å². The molecular formula is C22H31Cl2N3O. The average molecular weight is 424 g/mol. The SMILES string of the molecule is Cl.Cl.Nc1ccc(CC(=O)NCc2ccc(CN3CCCCCC3)cc2)cc1. The van der Waals surface area contributed by atoms with Crippen molar-refractivity contribution in [3.63, 3.8) is 0 Å². The van der Waals surface area contributed by atoms with E-state index in [9.17, 15) is 4.79 Å². The number of rotatable bonds is 6. The first kappa shape index (κ1) is 24.3. The minimum Gasteiger partial charge on any atom is -0.399 e. The molecule has 1 aliphatic rings.